The van der Waals surface area contributed by atoms with Crippen LogP contribution in [0.4, 0.5) is 11.6 Å². The van der Waals surface area contributed by atoms with Crippen LogP contribution in [-0.2, 0) is 6.54 Å². The van der Waals surface area contributed by atoms with Crippen molar-refractivity contribution in [3.8, 4) is 11.8 Å². The number of aryl methyl sites for hydroxylation is 1. The number of nitrogens with zero attached hydrogens (tertiary/aromatic N) is 5. The van der Waals surface area contributed by atoms with E-state index < -0.39 is 0 Å². The van der Waals surface area contributed by atoms with Crippen molar-refractivity contribution in [2.24, 2.45) is 11.8 Å². The van der Waals surface area contributed by atoms with E-state index in [1.54, 1.807) is 16.9 Å². The van der Waals surface area contributed by atoms with Crippen molar-refractivity contribution in [1.29, 1.82) is 0 Å². The molecule has 0 amide bonds. The largest absolute Gasteiger partial charge is 0.424 e. The number of hydrogen-bond donors (Lipinski definition) is 1. The van der Waals surface area contributed by atoms with E-state index in [-0.39, 0.29) is 0 Å². The van der Waals surface area contributed by atoms with E-state index in [0.717, 1.165) is 18.8 Å². The van der Waals surface area contributed by atoms with Gasteiger partial charge in [0.15, 0.2) is 0 Å². The second-order valence-corrected chi connectivity index (χ2v) is 8.93. The summed E-state index contributed by atoms with van der Waals surface area (Å²) in [5.41, 5.74) is 1.14. The molecule has 3 aromatic rings. The number of nitrogens with one attached hydrogen (secondary N) is 1. The molecule has 0 spiro atoms. The number of pyridine rings is 1. The number of aromatic nitrogens is 4. The monoisotopic (exact) mass is 458 g/mol. The number of benzene rings is 1. The van der Waals surface area contributed by atoms with Gasteiger partial charge >= 0.3 is 6.01 Å². The topological polar surface area (TPSA) is 68.1 Å². The number of piperidine rings is 1. The van der Waals surface area contributed by atoms with Gasteiger partial charge in [0, 0.05) is 42.6 Å². The molecule has 31 heavy (non-hydrogen) atoms. The SMILES string of the molecule is CCn1nc(N[C@H]2[C@@H]3CC[C@H]2CN(c2ccnc(Cl)c2)C3)nc1Oc1cccc(Cl)c1. The Kier molecular flexibility index (Phi) is 5.63. The van der Waals surface area contributed by atoms with E-state index in [1.165, 1.54) is 12.8 Å². The molecule has 2 bridgehead atoms. The fourth-order valence-corrected chi connectivity index (χ4v) is 5.06. The molecule has 5 rings (SSSR count). The van der Waals surface area contributed by atoms with Crippen molar-refractivity contribution in [2.45, 2.75) is 32.4 Å². The quantitative estimate of drug-likeness (QED) is 0.517. The van der Waals surface area contributed by atoms with Crippen LogP contribution >= 0.6 is 23.2 Å². The Morgan fingerprint density at radius 1 is 1.13 bits per heavy atom. The average molecular weight is 459 g/mol. The molecule has 0 radical (unpaired) electrons. The molecular formula is C22H24Cl2N6O. The Morgan fingerprint density at radius 2 is 1.94 bits per heavy atom. The van der Waals surface area contributed by atoms with Gasteiger partial charge in [-0.05, 0) is 61.9 Å². The van der Waals surface area contributed by atoms with Gasteiger partial charge in [-0.15, -0.1) is 5.10 Å². The van der Waals surface area contributed by atoms with E-state index in [4.69, 9.17) is 27.9 Å². The van der Waals surface area contributed by atoms with Crippen LogP contribution in [-0.4, -0.2) is 38.9 Å². The third-order valence-corrected chi connectivity index (χ3v) is 6.59. The molecule has 3 atom stereocenters. The molecule has 1 aromatic carbocycles. The molecule has 1 saturated carbocycles. The summed E-state index contributed by atoms with van der Waals surface area (Å²) in [6.07, 6.45) is 4.16. The molecule has 1 saturated heterocycles. The van der Waals surface area contributed by atoms with Gasteiger partial charge in [-0.2, -0.15) is 4.98 Å². The van der Waals surface area contributed by atoms with Crippen LogP contribution in [0.15, 0.2) is 42.6 Å². The minimum absolute atomic E-state index is 0.347. The van der Waals surface area contributed by atoms with Crippen LogP contribution in [0.25, 0.3) is 0 Å². The second kappa shape index (κ2) is 8.55. The Balaban J connectivity index is 1.30. The van der Waals surface area contributed by atoms with Crippen molar-refractivity contribution in [1.82, 2.24) is 19.7 Å². The summed E-state index contributed by atoms with van der Waals surface area (Å²) in [5, 5.41) is 9.38. The molecule has 2 aromatic heterocycles. The van der Waals surface area contributed by atoms with E-state index in [1.807, 2.05) is 37.3 Å². The van der Waals surface area contributed by atoms with Crippen molar-refractivity contribution in [2.75, 3.05) is 23.3 Å². The van der Waals surface area contributed by atoms with Gasteiger partial charge < -0.3 is 15.0 Å². The molecule has 1 N–H and O–H groups in total. The fraction of sp³-hybridized carbons (Fsp3) is 0.409. The first-order valence-corrected chi connectivity index (χ1v) is 11.4. The summed E-state index contributed by atoms with van der Waals surface area (Å²) in [6.45, 7) is 4.65. The normalized spacial score (nSPS) is 22.5. The summed E-state index contributed by atoms with van der Waals surface area (Å²) in [6, 6.07) is 12.1. The molecule has 7 nitrogen and oxygen atoms in total. The first kappa shape index (κ1) is 20.4. The first-order chi connectivity index (χ1) is 15.1. The number of anilines is 2. The van der Waals surface area contributed by atoms with Gasteiger partial charge in [0.05, 0.1) is 0 Å². The molecular weight excluding hydrogens is 435 g/mol. The van der Waals surface area contributed by atoms with Crippen LogP contribution in [0.3, 0.4) is 0 Å². The average Bonchev–Trinajstić information content (AvgIpc) is 3.23. The number of hydrogen-bond acceptors (Lipinski definition) is 6. The molecule has 2 aliphatic rings. The minimum Gasteiger partial charge on any atom is -0.424 e. The van der Waals surface area contributed by atoms with Crippen LogP contribution in [0.1, 0.15) is 19.8 Å². The number of ether oxygens (including phenoxy) is 1. The van der Waals surface area contributed by atoms with Crippen LogP contribution < -0.4 is 15.0 Å². The number of fused-ring (bicyclic) bond motifs is 2. The van der Waals surface area contributed by atoms with E-state index >= 15 is 0 Å². The third-order valence-electron chi connectivity index (χ3n) is 6.15. The molecule has 162 valence electrons. The Bertz CT molecular complexity index is 1060. The van der Waals surface area contributed by atoms with Crippen LogP contribution in [0.5, 0.6) is 11.8 Å². The number of rotatable bonds is 6. The van der Waals surface area contributed by atoms with E-state index in [9.17, 15) is 0 Å². The second-order valence-electron chi connectivity index (χ2n) is 8.10. The van der Waals surface area contributed by atoms with Gasteiger partial charge in [0.2, 0.25) is 5.95 Å². The van der Waals surface area contributed by atoms with E-state index in [0.29, 0.717) is 52.3 Å². The molecule has 1 aliphatic carbocycles. The molecule has 0 unspecified atom stereocenters. The van der Waals surface area contributed by atoms with Gasteiger partial charge in [-0.1, -0.05) is 29.3 Å². The smallest absolute Gasteiger partial charge is 0.322 e. The highest BCUT2D eigenvalue weighted by Gasteiger charge is 2.42. The number of halogens is 2. The maximum absolute atomic E-state index is 6.10. The Morgan fingerprint density at radius 3 is 2.65 bits per heavy atom. The summed E-state index contributed by atoms with van der Waals surface area (Å²) in [4.78, 5) is 11.1. The lowest BCUT2D eigenvalue weighted by Crippen LogP contribution is -2.48. The molecule has 2 fully saturated rings. The molecule has 1 aliphatic heterocycles. The van der Waals surface area contributed by atoms with Crippen molar-refractivity contribution in [3.63, 3.8) is 0 Å². The summed E-state index contributed by atoms with van der Waals surface area (Å²) < 4.78 is 7.71. The minimum atomic E-state index is 0.347. The van der Waals surface area contributed by atoms with Crippen molar-refractivity contribution < 1.29 is 4.74 Å². The van der Waals surface area contributed by atoms with Crippen molar-refractivity contribution >= 4 is 34.8 Å². The fourth-order valence-electron chi connectivity index (χ4n) is 4.71. The van der Waals surface area contributed by atoms with Gasteiger partial charge in [-0.25, -0.2) is 9.67 Å². The standard InChI is InChI=1S/C22H24Cl2N6O/c1-2-30-22(31-18-5-3-4-16(23)10-18)27-21(28-30)26-20-14-6-7-15(20)13-29(12-14)17-8-9-25-19(24)11-17/h3-5,8-11,14-15,20H,2,6-7,12-13H2,1H3,(H,26,28)/t14-,15+,20+. The van der Waals surface area contributed by atoms with Crippen molar-refractivity contribution in [3.05, 3.63) is 52.8 Å². The first-order valence-electron chi connectivity index (χ1n) is 10.6. The van der Waals surface area contributed by atoms with Gasteiger partial charge in [-0.3, -0.25) is 0 Å². The van der Waals surface area contributed by atoms with E-state index in [2.05, 4.69) is 25.3 Å². The predicted octanol–water partition coefficient (Wildman–Crippen LogP) is 5.12. The highest BCUT2D eigenvalue weighted by atomic mass is 35.5. The summed E-state index contributed by atoms with van der Waals surface area (Å²) >= 11 is 12.2. The lowest BCUT2D eigenvalue weighted by atomic mass is 9.92. The zero-order valence-electron chi connectivity index (χ0n) is 17.2. The van der Waals surface area contributed by atoms with Gasteiger partial charge in [0.1, 0.15) is 10.9 Å². The van der Waals surface area contributed by atoms with Crippen LogP contribution in [0.2, 0.25) is 10.2 Å². The predicted molar refractivity (Wildman–Crippen MR) is 122 cm³/mol. The maximum Gasteiger partial charge on any atom is 0.322 e. The zero-order chi connectivity index (χ0) is 21.4. The Hall–Kier alpha value is -2.51. The highest BCUT2D eigenvalue weighted by molar-refractivity contribution is 6.30. The zero-order valence-corrected chi connectivity index (χ0v) is 18.7. The lowest BCUT2D eigenvalue weighted by Gasteiger charge is -2.39. The lowest BCUT2D eigenvalue weighted by molar-refractivity contribution is 0.376. The Labute approximate surface area is 191 Å². The molecule has 3 heterocycles. The maximum atomic E-state index is 6.10. The summed E-state index contributed by atoms with van der Waals surface area (Å²) in [5.74, 6) is 2.31. The highest BCUT2D eigenvalue weighted by Crippen LogP contribution is 2.40. The summed E-state index contributed by atoms with van der Waals surface area (Å²) in [7, 11) is 0. The van der Waals surface area contributed by atoms with Gasteiger partial charge in [0.25, 0.3) is 0 Å². The van der Waals surface area contributed by atoms with Crippen LogP contribution in [0, 0.1) is 11.8 Å². The molecule has 9 heteroatoms. The third kappa shape index (κ3) is 4.29.